The summed E-state index contributed by atoms with van der Waals surface area (Å²) in [6, 6.07) is 0. The fraction of sp³-hybridized carbons (Fsp3) is 0.818. The van der Waals surface area contributed by atoms with Crippen molar-refractivity contribution in [1.82, 2.24) is 15.0 Å². The van der Waals surface area contributed by atoms with Gasteiger partial charge in [-0.1, -0.05) is 31.9 Å². The van der Waals surface area contributed by atoms with Gasteiger partial charge in [-0.3, -0.25) is 0 Å². The fourth-order valence-electron chi connectivity index (χ4n) is 2.04. The van der Waals surface area contributed by atoms with Crippen molar-refractivity contribution in [2.45, 2.75) is 52.0 Å². The zero-order valence-corrected chi connectivity index (χ0v) is 9.61. The molecule has 0 bridgehead atoms. The molecular weight excluding hydrogens is 188 g/mol. The largest absolute Gasteiger partial charge is 0.381 e. The molecule has 2 N–H and O–H groups in total. The van der Waals surface area contributed by atoms with Crippen molar-refractivity contribution >= 4 is 5.82 Å². The quantitative estimate of drug-likeness (QED) is 0.806. The predicted molar refractivity (Wildman–Crippen MR) is 60.5 cm³/mol. The maximum absolute atomic E-state index is 5.85. The van der Waals surface area contributed by atoms with Crippen LogP contribution in [0, 0.1) is 5.92 Å². The van der Waals surface area contributed by atoms with Crippen molar-refractivity contribution in [3.63, 3.8) is 0 Å². The summed E-state index contributed by atoms with van der Waals surface area (Å²) in [7, 11) is 0. The van der Waals surface area contributed by atoms with Crippen LogP contribution in [0.25, 0.3) is 0 Å². The highest BCUT2D eigenvalue weighted by molar-refractivity contribution is 5.38. The van der Waals surface area contributed by atoms with Gasteiger partial charge in [0.05, 0.1) is 5.69 Å². The molecule has 1 heterocycles. The summed E-state index contributed by atoms with van der Waals surface area (Å²) in [6.07, 6.45) is 4.89. The van der Waals surface area contributed by atoms with Gasteiger partial charge in [-0.2, -0.15) is 0 Å². The molecule has 4 nitrogen and oxygen atoms in total. The van der Waals surface area contributed by atoms with E-state index in [1.807, 2.05) is 4.68 Å². The van der Waals surface area contributed by atoms with Gasteiger partial charge in [-0.05, 0) is 18.8 Å². The topological polar surface area (TPSA) is 56.7 Å². The van der Waals surface area contributed by atoms with Crippen molar-refractivity contribution in [3.05, 3.63) is 5.69 Å². The van der Waals surface area contributed by atoms with Crippen LogP contribution in [0.5, 0.6) is 0 Å². The van der Waals surface area contributed by atoms with E-state index in [4.69, 9.17) is 5.73 Å². The Morgan fingerprint density at radius 3 is 2.60 bits per heavy atom. The summed E-state index contributed by atoms with van der Waals surface area (Å²) in [5.74, 6) is 1.97. The first-order valence-corrected chi connectivity index (χ1v) is 5.95. The Labute approximate surface area is 90.8 Å². The third-order valence-corrected chi connectivity index (χ3v) is 3.35. The molecule has 1 aromatic heterocycles. The lowest BCUT2D eigenvalue weighted by Crippen LogP contribution is -2.13. The summed E-state index contributed by atoms with van der Waals surface area (Å²) >= 11 is 0. The zero-order valence-electron chi connectivity index (χ0n) is 9.61. The second kappa shape index (κ2) is 4.21. The van der Waals surface area contributed by atoms with Gasteiger partial charge < -0.3 is 5.73 Å². The first-order valence-electron chi connectivity index (χ1n) is 5.95. The molecule has 0 aromatic carbocycles. The molecule has 1 aromatic rings. The van der Waals surface area contributed by atoms with Gasteiger partial charge in [0.25, 0.3) is 0 Å². The average molecular weight is 208 g/mol. The molecular formula is C11H20N4. The number of aromatic nitrogens is 3. The van der Waals surface area contributed by atoms with E-state index >= 15 is 0 Å². The van der Waals surface area contributed by atoms with Crippen LogP contribution < -0.4 is 5.73 Å². The molecule has 0 aliphatic heterocycles. The Morgan fingerprint density at radius 2 is 2.07 bits per heavy atom. The fourth-order valence-corrected chi connectivity index (χ4v) is 2.04. The molecule has 0 saturated heterocycles. The Morgan fingerprint density at radius 1 is 1.40 bits per heavy atom. The number of rotatable bonds is 5. The summed E-state index contributed by atoms with van der Waals surface area (Å²) in [4.78, 5) is 0. The molecule has 2 rings (SSSR count). The SMILES string of the molecule is CCC(CC)Cn1nnc(N)c1C1CC1. The molecule has 1 aliphatic carbocycles. The van der Waals surface area contributed by atoms with Crippen molar-refractivity contribution in [1.29, 1.82) is 0 Å². The van der Waals surface area contributed by atoms with Crippen LogP contribution in [0.4, 0.5) is 5.82 Å². The Hall–Kier alpha value is -1.06. The lowest BCUT2D eigenvalue weighted by atomic mass is 10.0. The minimum atomic E-state index is 0.634. The van der Waals surface area contributed by atoms with Crippen LogP contribution in [0.15, 0.2) is 0 Å². The molecule has 4 heteroatoms. The molecule has 0 unspecified atom stereocenters. The van der Waals surface area contributed by atoms with E-state index in [9.17, 15) is 0 Å². The molecule has 15 heavy (non-hydrogen) atoms. The third kappa shape index (κ3) is 2.13. The van der Waals surface area contributed by atoms with E-state index in [1.165, 1.54) is 31.4 Å². The highest BCUT2D eigenvalue weighted by Gasteiger charge is 2.30. The van der Waals surface area contributed by atoms with E-state index in [-0.39, 0.29) is 0 Å². The van der Waals surface area contributed by atoms with Gasteiger partial charge in [0.2, 0.25) is 0 Å². The lowest BCUT2D eigenvalue weighted by molar-refractivity contribution is 0.383. The molecule has 1 saturated carbocycles. The minimum Gasteiger partial charge on any atom is -0.381 e. The molecule has 84 valence electrons. The van der Waals surface area contributed by atoms with Crippen LogP contribution >= 0.6 is 0 Å². The number of hydrogen-bond donors (Lipinski definition) is 1. The average Bonchev–Trinajstić information content (AvgIpc) is 3.01. The number of nitrogen functional groups attached to an aromatic ring is 1. The highest BCUT2D eigenvalue weighted by atomic mass is 15.4. The lowest BCUT2D eigenvalue weighted by Gasteiger charge is -2.13. The maximum atomic E-state index is 5.85. The molecule has 0 spiro atoms. The number of hydrogen-bond acceptors (Lipinski definition) is 3. The number of nitrogens with zero attached hydrogens (tertiary/aromatic N) is 3. The Kier molecular flexibility index (Phi) is 2.93. The van der Waals surface area contributed by atoms with E-state index in [1.54, 1.807) is 0 Å². The van der Waals surface area contributed by atoms with Gasteiger partial charge in [-0.15, -0.1) is 5.10 Å². The summed E-state index contributed by atoms with van der Waals surface area (Å²) < 4.78 is 2.03. The van der Waals surface area contributed by atoms with Crippen LogP contribution in [0.2, 0.25) is 0 Å². The van der Waals surface area contributed by atoms with E-state index in [2.05, 4.69) is 24.2 Å². The van der Waals surface area contributed by atoms with Crippen molar-refractivity contribution in [2.75, 3.05) is 5.73 Å². The molecule has 1 aliphatic rings. The Bertz CT molecular complexity index is 323. The standard InChI is InChI=1S/C11H20N4/c1-3-8(4-2)7-15-10(9-5-6-9)11(12)13-14-15/h8-9H,3-7,12H2,1-2H3. The first-order chi connectivity index (χ1) is 7.26. The predicted octanol–water partition coefficient (Wildman–Crippen LogP) is 2.17. The molecule has 0 atom stereocenters. The molecule has 1 fully saturated rings. The van der Waals surface area contributed by atoms with Crippen LogP contribution in [0.3, 0.4) is 0 Å². The smallest absolute Gasteiger partial charge is 0.169 e. The van der Waals surface area contributed by atoms with Crippen LogP contribution in [0.1, 0.15) is 51.1 Å². The highest BCUT2D eigenvalue weighted by Crippen LogP contribution is 2.42. The molecule has 0 radical (unpaired) electrons. The van der Waals surface area contributed by atoms with Crippen molar-refractivity contribution in [2.24, 2.45) is 5.92 Å². The maximum Gasteiger partial charge on any atom is 0.169 e. The van der Waals surface area contributed by atoms with Crippen molar-refractivity contribution in [3.8, 4) is 0 Å². The van der Waals surface area contributed by atoms with E-state index in [0.717, 1.165) is 6.54 Å². The summed E-state index contributed by atoms with van der Waals surface area (Å²) in [5, 5.41) is 8.14. The van der Waals surface area contributed by atoms with Gasteiger partial charge >= 0.3 is 0 Å². The zero-order chi connectivity index (χ0) is 10.8. The van der Waals surface area contributed by atoms with E-state index < -0.39 is 0 Å². The number of anilines is 1. The van der Waals surface area contributed by atoms with Gasteiger partial charge in [0.1, 0.15) is 0 Å². The van der Waals surface area contributed by atoms with Gasteiger partial charge in [0, 0.05) is 12.5 Å². The van der Waals surface area contributed by atoms with Gasteiger partial charge in [-0.25, -0.2) is 4.68 Å². The third-order valence-electron chi connectivity index (χ3n) is 3.35. The van der Waals surface area contributed by atoms with Crippen molar-refractivity contribution < 1.29 is 0 Å². The number of nitrogens with two attached hydrogens (primary N) is 1. The van der Waals surface area contributed by atoms with Gasteiger partial charge in [0.15, 0.2) is 5.82 Å². The second-order valence-electron chi connectivity index (χ2n) is 4.50. The second-order valence-corrected chi connectivity index (χ2v) is 4.50. The normalized spacial score (nSPS) is 16.2. The summed E-state index contributed by atoms with van der Waals surface area (Å²) in [6.45, 7) is 5.43. The van der Waals surface area contributed by atoms with E-state index in [0.29, 0.717) is 17.7 Å². The van der Waals surface area contributed by atoms with Crippen LogP contribution in [-0.2, 0) is 6.54 Å². The van der Waals surface area contributed by atoms with Crippen LogP contribution in [-0.4, -0.2) is 15.0 Å². The first kappa shape index (κ1) is 10.5. The molecule has 0 amide bonds. The minimum absolute atomic E-state index is 0.634. The summed E-state index contributed by atoms with van der Waals surface area (Å²) in [5.41, 5.74) is 7.03. The monoisotopic (exact) mass is 208 g/mol. The Balaban J connectivity index is 2.13.